The van der Waals surface area contributed by atoms with Crippen LogP contribution in [0.3, 0.4) is 0 Å². The molecular weight excluding hydrogens is 270 g/mol. The third-order valence-electron chi connectivity index (χ3n) is 2.77. The van der Waals surface area contributed by atoms with Gasteiger partial charge >= 0.3 is 0 Å². The van der Waals surface area contributed by atoms with Crippen LogP contribution in [0.5, 0.6) is 0 Å². The molecular formula is C16H15NO2S. The van der Waals surface area contributed by atoms with Crippen molar-refractivity contribution < 1.29 is 9.59 Å². The van der Waals surface area contributed by atoms with Gasteiger partial charge in [0.05, 0.1) is 5.56 Å². The summed E-state index contributed by atoms with van der Waals surface area (Å²) in [5.74, 6) is -0.0161. The number of nitrogens with zero attached hydrogens (tertiary/aromatic N) is 1. The summed E-state index contributed by atoms with van der Waals surface area (Å²) in [7, 11) is 3.48. The summed E-state index contributed by atoms with van der Waals surface area (Å²) >= 11 is 1.52. The molecule has 0 unspecified atom stereocenters. The zero-order valence-corrected chi connectivity index (χ0v) is 12.2. The van der Waals surface area contributed by atoms with Crippen molar-refractivity contribution in [1.29, 1.82) is 0 Å². The van der Waals surface area contributed by atoms with Crippen molar-refractivity contribution in [2.75, 3.05) is 14.1 Å². The number of benzene rings is 2. The van der Waals surface area contributed by atoms with Crippen LogP contribution in [0.25, 0.3) is 0 Å². The minimum absolute atomic E-state index is 0.0161. The van der Waals surface area contributed by atoms with Gasteiger partial charge < -0.3 is 4.90 Å². The maximum absolute atomic E-state index is 12.1. The maximum atomic E-state index is 12.1. The second-order valence-corrected chi connectivity index (χ2v) is 5.60. The zero-order valence-electron chi connectivity index (χ0n) is 11.4. The van der Waals surface area contributed by atoms with E-state index in [1.165, 1.54) is 11.8 Å². The molecule has 0 saturated carbocycles. The van der Waals surface area contributed by atoms with E-state index >= 15 is 0 Å². The molecule has 0 spiro atoms. The van der Waals surface area contributed by atoms with E-state index in [1.807, 2.05) is 36.4 Å². The highest BCUT2D eigenvalue weighted by Gasteiger charge is 2.13. The second kappa shape index (κ2) is 6.39. The SMILES string of the molecule is CN(C)C(=O)c1ccccc1Sc1ccc(C=O)cc1. The highest BCUT2D eigenvalue weighted by atomic mass is 32.2. The Labute approximate surface area is 122 Å². The minimum Gasteiger partial charge on any atom is -0.345 e. The Morgan fingerprint density at radius 1 is 1.05 bits per heavy atom. The highest BCUT2D eigenvalue weighted by molar-refractivity contribution is 7.99. The molecule has 0 heterocycles. The van der Waals surface area contributed by atoms with Crippen LogP contribution in [0.2, 0.25) is 0 Å². The first-order valence-electron chi connectivity index (χ1n) is 6.15. The van der Waals surface area contributed by atoms with Gasteiger partial charge in [-0.2, -0.15) is 0 Å². The Hall–Kier alpha value is -2.07. The Bertz CT molecular complexity index is 621. The van der Waals surface area contributed by atoms with Crippen molar-refractivity contribution in [2.45, 2.75) is 9.79 Å². The van der Waals surface area contributed by atoms with E-state index < -0.39 is 0 Å². The first kappa shape index (κ1) is 14.3. The van der Waals surface area contributed by atoms with E-state index in [1.54, 1.807) is 31.1 Å². The lowest BCUT2D eigenvalue weighted by molar-refractivity contribution is 0.0824. The van der Waals surface area contributed by atoms with Crippen LogP contribution < -0.4 is 0 Å². The van der Waals surface area contributed by atoms with Crippen molar-refractivity contribution in [3.63, 3.8) is 0 Å². The Morgan fingerprint density at radius 3 is 2.30 bits per heavy atom. The molecule has 2 aromatic rings. The van der Waals surface area contributed by atoms with Gasteiger partial charge in [0.15, 0.2) is 0 Å². The predicted molar refractivity (Wildman–Crippen MR) is 80.4 cm³/mol. The standard InChI is InChI=1S/C16H15NO2S/c1-17(2)16(19)14-5-3-4-6-15(14)20-13-9-7-12(11-18)8-10-13/h3-11H,1-2H3. The molecule has 0 saturated heterocycles. The Balaban J connectivity index is 2.28. The van der Waals surface area contributed by atoms with E-state index in [0.717, 1.165) is 16.1 Å². The molecule has 20 heavy (non-hydrogen) atoms. The number of aldehydes is 1. The molecule has 0 N–H and O–H groups in total. The van der Waals surface area contributed by atoms with E-state index in [4.69, 9.17) is 0 Å². The number of rotatable bonds is 4. The molecule has 2 rings (SSSR count). The summed E-state index contributed by atoms with van der Waals surface area (Å²) in [5, 5.41) is 0. The predicted octanol–water partition coefficient (Wildman–Crippen LogP) is 3.35. The third-order valence-corrected chi connectivity index (χ3v) is 3.85. The number of hydrogen-bond donors (Lipinski definition) is 0. The molecule has 102 valence electrons. The quantitative estimate of drug-likeness (QED) is 0.808. The number of carbonyl (C=O) groups excluding carboxylic acids is 2. The van der Waals surface area contributed by atoms with Gasteiger partial charge in [-0.1, -0.05) is 36.0 Å². The van der Waals surface area contributed by atoms with Crippen LogP contribution in [0, 0.1) is 0 Å². The number of hydrogen-bond acceptors (Lipinski definition) is 3. The van der Waals surface area contributed by atoms with Crippen molar-refractivity contribution in [2.24, 2.45) is 0 Å². The maximum Gasteiger partial charge on any atom is 0.254 e. The largest absolute Gasteiger partial charge is 0.345 e. The van der Waals surface area contributed by atoms with Gasteiger partial charge in [-0.25, -0.2) is 0 Å². The van der Waals surface area contributed by atoms with Gasteiger partial charge in [0, 0.05) is 29.4 Å². The molecule has 4 heteroatoms. The summed E-state index contributed by atoms with van der Waals surface area (Å²) in [4.78, 5) is 26.2. The molecule has 0 atom stereocenters. The van der Waals surface area contributed by atoms with Gasteiger partial charge in [0.25, 0.3) is 5.91 Å². The smallest absolute Gasteiger partial charge is 0.254 e. The molecule has 0 aliphatic carbocycles. The molecule has 2 aromatic carbocycles. The van der Waals surface area contributed by atoms with Crippen LogP contribution in [-0.4, -0.2) is 31.2 Å². The lowest BCUT2D eigenvalue weighted by Gasteiger charge is -2.13. The van der Waals surface area contributed by atoms with Crippen molar-refractivity contribution >= 4 is 24.0 Å². The summed E-state index contributed by atoms with van der Waals surface area (Å²) in [6.07, 6.45) is 0.817. The fourth-order valence-corrected chi connectivity index (χ4v) is 2.65. The van der Waals surface area contributed by atoms with Gasteiger partial charge in [0.2, 0.25) is 0 Å². The number of carbonyl (C=O) groups is 2. The lowest BCUT2D eigenvalue weighted by Crippen LogP contribution is -2.22. The van der Waals surface area contributed by atoms with Crippen LogP contribution in [0.15, 0.2) is 58.3 Å². The first-order valence-corrected chi connectivity index (χ1v) is 6.97. The average molecular weight is 285 g/mol. The van der Waals surface area contributed by atoms with Crippen LogP contribution in [-0.2, 0) is 0 Å². The van der Waals surface area contributed by atoms with E-state index in [9.17, 15) is 9.59 Å². The van der Waals surface area contributed by atoms with Crippen molar-refractivity contribution in [3.05, 3.63) is 59.7 Å². The zero-order chi connectivity index (χ0) is 14.5. The fourth-order valence-electron chi connectivity index (χ4n) is 1.71. The molecule has 0 fully saturated rings. The van der Waals surface area contributed by atoms with Gasteiger partial charge in [0.1, 0.15) is 6.29 Å². The Kier molecular flexibility index (Phi) is 4.58. The average Bonchev–Trinajstić information content (AvgIpc) is 2.48. The molecule has 0 aliphatic rings. The van der Waals surface area contributed by atoms with E-state index in [0.29, 0.717) is 11.1 Å². The molecule has 1 amide bonds. The van der Waals surface area contributed by atoms with Gasteiger partial charge in [-0.3, -0.25) is 9.59 Å². The molecule has 0 aromatic heterocycles. The molecule has 0 radical (unpaired) electrons. The summed E-state index contributed by atoms with van der Waals surface area (Å²) < 4.78 is 0. The normalized spacial score (nSPS) is 10.1. The fraction of sp³-hybridized carbons (Fsp3) is 0.125. The van der Waals surface area contributed by atoms with Gasteiger partial charge in [-0.05, 0) is 24.3 Å². The summed E-state index contributed by atoms with van der Waals surface area (Å²) in [6.45, 7) is 0. The van der Waals surface area contributed by atoms with E-state index in [2.05, 4.69) is 0 Å². The van der Waals surface area contributed by atoms with Crippen LogP contribution in [0.1, 0.15) is 20.7 Å². The molecule has 3 nitrogen and oxygen atoms in total. The van der Waals surface area contributed by atoms with Crippen LogP contribution in [0.4, 0.5) is 0 Å². The van der Waals surface area contributed by atoms with E-state index in [-0.39, 0.29) is 5.91 Å². The summed E-state index contributed by atoms with van der Waals surface area (Å²) in [5.41, 5.74) is 1.33. The monoisotopic (exact) mass is 285 g/mol. The molecule has 0 aliphatic heterocycles. The lowest BCUT2D eigenvalue weighted by atomic mass is 10.2. The van der Waals surface area contributed by atoms with Gasteiger partial charge in [-0.15, -0.1) is 0 Å². The first-order chi connectivity index (χ1) is 9.61. The summed E-state index contributed by atoms with van der Waals surface area (Å²) in [6, 6.07) is 14.8. The van der Waals surface area contributed by atoms with Crippen molar-refractivity contribution in [3.8, 4) is 0 Å². The highest BCUT2D eigenvalue weighted by Crippen LogP contribution is 2.30. The number of amides is 1. The third kappa shape index (κ3) is 3.27. The van der Waals surface area contributed by atoms with Crippen molar-refractivity contribution in [1.82, 2.24) is 4.90 Å². The minimum atomic E-state index is -0.0161. The second-order valence-electron chi connectivity index (χ2n) is 4.48. The topological polar surface area (TPSA) is 37.4 Å². The van der Waals surface area contributed by atoms with Crippen LogP contribution >= 0.6 is 11.8 Å². The molecule has 0 bridgehead atoms. The Morgan fingerprint density at radius 2 is 1.70 bits per heavy atom.